The van der Waals surface area contributed by atoms with Crippen molar-refractivity contribution in [2.24, 2.45) is 0 Å². The highest BCUT2D eigenvalue weighted by molar-refractivity contribution is 7.90. The van der Waals surface area contributed by atoms with Crippen molar-refractivity contribution >= 4 is 43.9 Å². The number of aromatic nitrogens is 1. The van der Waals surface area contributed by atoms with Gasteiger partial charge in [0.05, 0.1) is 24.0 Å². The Labute approximate surface area is 199 Å². The number of rotatable bonds is 8. The number of hydrogen-bond acceptors (Lipinski definition) is 8. The highest BCUT2D eigenvalue weighted by Gasteiger charge is 2.23. The predicted octanol–water partition coefficient (Wildman–Crippen LogP) is 3.96. The molecule has 0 aliphatic rings. The Morgan fingerprint density at radius 1 is 0.971 bits per heavy atom. The van der Waals surface area contributed by atoms with E-state index in [1.54, 1.807) is 24.3 Å². The second-order valence-corrected chi connectivity index (χ2v) is 9.01. The maximum absolute atomic E-state index is 12.8. The second-order valence-electron chi connectivity index (χ2n) is 7.33. The van der Waals surface area contributed by atoms with Gasteiger partial charge >= 0.3 is 0 Å². The Balaban J connectivity index is 1.69. The molecule has 1 amide bonds. The molecule has 1 heterocycles. The van der Waals surface area contributed by atoms with Crippen LogP contribution in [0.4, 0.5) is 17.1 Å². The van der Waals surface area contributed by atoms with Crippen molar-refractivity contribution in [3.8, 4) is 11.5 Å². The summed E-state index contributed by atoms with van der Waals surface area (Å²) in [5, 5.41) is 15.0. The van der Waals surface area contributed by atoms with E-state index in [2.05, 4.69) is 10.3 Å². The number of anilines is 2. The van der Waals surface area contributed by atoms with E-state index in [1.807, 2.05) is 4.72 Å². The Morgan fingerprint density at radius 2 is 1.69 bits per heavy atom. The molecule has 0 radical (unpaired) electrons. The van der Waals surface area contributed by atoms with Crippen molar-refractivity contribution in [2.45, 2.75) is 4.90 Å². The molecular weight excluding hydrogens is 476 g/mol. The van der Waals surface area contributed by atoms with Crippen molar-refractivity contribution in [1.82, 2.24) is 9.71 Å². The Bertz CT molecular complexity index is 1530. The Kier molecular flexibility index (Phi) is 6.30. The zero-order chi connectivity index (χ0) is 25.2. The monoisotopic (exact) mass is 496 g/mol. The summed E-state index contributed by atoms with van der Waals surface area (Å²) in [5.41, 5.74) is 0.740. The molecule has 35 heavy (non-hydrogen) atoms. The number of amides is 1. The normalized spacial score (nSPS) is 11.1. The number of aromatic amines is 1. The summed E-state index contributed by atoms with van der Waals surface area (Å²) < 4.78 is 37.5. The summed E-state index contributed by atoms with van der Waals surface area (Å²) in [6.07, 6.45) is 0. The molecule has 4 rings (SSSR count). The molecule has 1 aromatic heterocycles. The molecular formula is C23H20N4O7S. The maximum Gasteiger partial charge on any atom is 0.293 e. The van der Waals surface area contributed by atoms with Crippen molar-refractivity contribution < 1.29 is 27.6 Å². The SMILES string of the molecule is COc1ccc(S(=O)(=O)NC(=O)c2cc3c(Nc4cccc(OC)c4)ccc([N+](=O)[O-])c3[nH]2)cc1. The highest BCUT2D eigenvalue weighted by Crippen LogP contribution is 2.34. The summed E-state index contributed by atoms with van der Waals surface area (Å²) >= 11 is 0. The fourth-order valence-electron chi connectivity index (χ4n) is 3.44. The molecule has 0 bridgehead atoms. The molecule has 0 atom stereocenters. The number of nitrogens with one attached hydrogen (secondary N) is 3. The molecule has 0 saturated carbocycles. The average molecular weight is 497 g/mol. The molecule has 180 valence electrons. The number of fused-ring (bicyclic) bond motifs is 1. The molecule has 3 N–H and O–H groups in total. The van der Waals surface area contributed by atoms with Gasteiger partial charge < -0.3 is 19.8 Å². The smallest absolute Gasteiger partial charge is 0.293 e. The minimum Gasteiger partial charge on any atom is -0.497 e. The van der Waals surface area contributed by atoms with Crippen LogP contribution in [-0.4, -0.2) is 38.5 Å². The van der Waals surface area contributed by atoms with Gasteiger partial charge in [-0.15, -0.1) is 0 Å². The van der Waals surface area contributed by atoms with Gasteiger partial charge in [-0.3, -0.25) is 14.9 Å². The number of non-ortho nitro benzene ring substituents is 1. The van der Waals surface area contributed by atoms with Crippen molar-refractivity contribution in [1.29, 1.82) is 0 Å². The molecule has 0 unspecified atom stereocenters. The highest BCUT2D eigenvalue weighted by atomic mass is 32.2. The van der Waals surface area contributed by atoms with Gasteiger partial charge in [-0.2, -0.15) is 0 Å². The minimum absolute atomic E-state index is 0.0647. The van der Waals surface area contributed by atoms with Gasteiger partial charge in [0.15, 0.2) is 0 Å². The average Bonchev–Trinajstić information content (AvgIpc) is 3.30. The summed E-state index contributed by atoms with van der Waals surface area (Å²) in [7, 11) is -1.23. The van der Waals surface area contributed by atoms with E-state index < -0.39 is 20.9 Å². The molecule has 3 aromatic carbocycles. The topological polar surface area (TPSA) is 153 Å². The van der Waals surface area contributed by atoms with Crippen molar-refractivity contribution in [3.63, 3.8) is 0 Å². The first-order valence-electron chi connectivity index (χ1n) is 10.1. The molecule has 0 saturated heterocycles. The lowest BCUT2D eigenvalue weighted by molar-refractivity contribution is -0.383. The van der Waals surface area contributed by atoms with Gasteiger partial charge in [0.2, 0.25) is 0 Å². The van der Waals surface area contributed by atoms with E-state index in [1.165, 1.54) is 56.7 Å². The number of methoxy groups -OCH3 is 2. The van der Waals surface area contributed by atoms with Crippen LogP contribution >= 0.6 is 0 Å². The van der Waals surface area contributed by atoms with Crippen LogP contribution < -0.4 is 19.5 Å². The van der Waals surface area contributed by atoms with E-state index >= 15 is 0 Å². The first-order chi connectivity index (χ1) is 16.7. The lowest BCUT2D eigenvalue weighted by Gasteiger charge is -2.09. The lowest BCUT2D eigenvalue weighted by Crippen LogP contribution is -2.30. The fourth-order valence-corrected chi connectivity index (χ4v) is 4.40. The molecule has 0 fully saturated rings. The van der Waals surface area contributed by atoms with E-state index in [0.717, 1.165) is 0 Å². The van der Waals surface area contributed by atoms with Crippen LogP contribution in [0.25, 0.3) is 10.9 Å². The number of H-pyrrole nitrogens is 1. The minimum atomic E-state index is -4.20. The van der Waals surface area contributed by atoms with Crippen LogP contribution in [-0.2, 0) is 10.0 Å². The Hall–Kier alpha value is -4.58. The summed E-state index contributed by atoms with van der Waals surface area (Å²) in [6.45, 7) is 0. The maximum atomic E-state index is 12.8. The number of sulfonamides is 1. The van der Waals surface area contributed by atoms with E-state index in [-0.39, 0.29) is 21.8 Å². The second kappa shape index (κ2) is 9.35. The summed E-state index contributed by atoms with van der Waals surface area (Å²) in [6, 6.07) is 16.7. The number of hydrogen-bond donors (Lipinski definition) is 3. The Morgan fingerprint density at radius 3 is 2.34 bits per heavy atom. The van der Waals surface area contributed by atoms with Crippen molar-refractivity contribution in [3.05, 3.63) is 82.5 Å². The molecule has 12 heteroatoms. The predicted molar refractivity (Wildman–Crippen MR) is 129 cm³/mol. The number of benzene rings is 3. The number of carbonyl (C=O) groups excluding carboxylic acids is 1. The third-order valence-electron chi connectivity index (χ3n) is 5.16. The van der Waals surface area contributed by atoms with E-state index in [9.17, 15) is 23.3 Å². The lowest BCUT2D eigenvalue weighted by atomic mass is 10.1. The number of nitro benzene ring substituents is 1. The first kappa shape index (κ1) is 23.6. The zero-order valence-corrected chi connectivity index (χ0v) is 19.4. The number of nitrogens with zero attached hydrogens (tertiary/aromatic N) is 1. The van der Waals surface area contributed by atoms with Crippen LogP contribution in [0.3, 0.4) is 0 Å². The van der Waals surface area contributed by atoms with Gasteiger partial charge in [-0.25, -0.2) is 13.1 Å². The van der Waals surface area contributed by atoms with Gasteiger partial charge in [0, 0.05) is 28.9 Å². The number of carbonyl (C=O) groups is 1. The van der Waals surface area contributed by atoms with Gasteiger partial charge in [-0.05, 0) is 48.5 Å². The van der Waals surface area contributed by atoms with E-state index in [4.69, 9.17) is 9.47 Å². The summed E-state index contributed by atoms with van der Waals surface area (Å²) in [5.74, 6) is 0.0824. The van der Waals surface area contributed by atoms with Crippen LogP contribution in [0, 0.1) is 10.1 Å². The van der Waals surface area contributed by atoms with Gasteiger partial charge in [0.25, 0.3) is 21.6 Å². The third-order valence-corrected chi connectivity index (χ3v) is 6.51. The largest absolute Gasteiger partial charge is 0.497 e. The third kappa shape index (κ3) is 4.87. The standard InChI is InChI=1S/C23H20N4O7S/c1-33-15-6-8-17(9-7-15)35(31,32)26-23(28)20-13-18-19(10-11-21(27(29)30)22(18)25-20)24-14-4-3-5-16(12-14)34-2/h3-13,24-25H,1-2H3,(H,26,28). The van der Waals surface area contributed by atoms with Crippen LogP contribution in [0.5, 0.6) is 11.5 Å². The zero-order valence-electron chi connectivity index (χ0n) is 18.6. The van der Waals surface area contributed by atoms with Crippen molar-refractivity contribution in [2.75, 3.05) is 19.5 Å². The van der Waals surface area contributed by atoms with Crippen LogP contribution in [0.1, 0.15) is 10.5 Å². The molecule has 11 nitrogen and oxygen atoms in total. The number of ether oxygens (including phenoxy) is 2. The van der Waals surface area contributed by atoms with Crippen LogP contribution in [0.15, 0.2) is 71.6 Å². The quantitative estimate of drug-likeness (QED) is 0.245. The van der Waals surface area contributed by atoms with Gasteiger partial charge in [-0.1, -0.05) is 6.07 Å². The molecule has 0 spiro atoms. The van der Waals surface area contributed by atoms with Crippen LogP contribution in [0.2, 0.25) is 0 Å². The van der Waals surface area contributed by atoms with Gasteiger partial charge in [0.1, 0.15) is 22.7 Å². The molecule has 0 aliphatic carbocycles. The number of nitro groups is 1. The summed E-state index contributed by atoms with van der Waals surface area (Å²) in [4.78, 5) is 26.3. The first-order valence-corrected chi connectivity index (χ1v) is 11.6. The van der Waals surface area contributed by atoms with E-state index in [0.29, 0.717) is 28.3 Å². The molecule has 4 aromatic rings. The fraction of sp³-hybridized carbons (Fsp3) is 0.0870. The molecule has 0 aliphatic heterocycles.